The summed E-state index contributed by atoms with van der Waals surface area (Å²) in [6.07, 6.45) is 3.15. The molecule has 0 atom stereocenters. The first-order valence-corrected chi connectivity index (χ1v) is 9.88. The Hall–Kier alpha value is -4.85. The standard InChI is InChI=1S/C25H17N3O5/c29-25(20-8-12-23(13-9-20)32-22-4-2-1-3-5-22)33-27-24(19-14-16-26-17-15-19)18-6-10-21(11-7-18)28(30)31/h1-17H/b27-24+. The van der Waals surface area contributed by atoms with Crippen molar-refractivity contribution in [3.05, 3.63) is 130 Å². The van der Waals surface area contributed by atoms with Crippen LogP contribution in [0.4, 0.5) is 5.69 Å². The van der Waals surface area contributed by atoms with Gasteiger partial charge in [-0.3, -0.25) is 15.1 Å². The van der Waals surface area contributed by atoms with E-state index in [4.69, 9.17) is 9.57 Å². The largest absolute Gasteiger partial charge is 0.457 e. The first-order chi connectivity index (χ1) is 16.1. The summed E-state index contributed by atoms with van der Waals surface area (Å²) in [4.78, 5) is 32.2. The van der Waals surface area contributed by atoms with Crippen LogP contribution in [0.2, 0.25) is 0 Å². The summed E-state index contributed by atoms with van der Waals surface area (Å²) in [6.45, 7) is 0. The highest BCUT2D eigenvalue weighted by Gasteiger charge is 2.14. The molecule has 0 aliphatic heterocycles. The number of benzene rings is 3. The van der Waals surface area contributed by atoms with Gasteiger partial charge in [0.15, 0.2) is 0 Å². The average molecular weight is 439 g/mol. The fourth-order valence-electron chi connectivity index (χ4n) is 2.95. The smallest absolute Gasteiger partial charge is 0.365 e. The van der Waals surface area contributed by atoms with Crippen LogP contribution in [0.1, 0.15) is 21.5 Å². The maximum Gasteiger partial charge on any atom is 0.365 e. The van der Waals surface area contributed by atoms with E-state index in [1.165, 1.54) is 12.1 Å². The Labute approximate surface area is 188 Å². The lowest BCUT2D eigenvalue weighted by Crippen LogP contribution is -2.08. The minimum Gasteiger partial charge on any atom is -0.457 e. The van der Waals surface area contributed by atoms with Crippen LogP contribution in [0.25, 0.3) is 0 Å². The highest BCUT2D eigenvalue weighted by atomic mass is 16.7. The van der Waals surface area contributed by atoms with Crippen molar-refractivity contribution in [2.24, 2.45) is 5.16 Å². The summed E-state index contributed by atoms with van der Waals surface area (Å²) in [5, 5.41) is 15.0. The van der Waals surface area contributed by atoms with Crippen LogP contribution in [-0.2, 0) is 4.84 Å². The van der Waals surface area contributed by atoms with Gasteiger partial charge in [-0.15, -0.1) is 0 Å². The molecule has 0 spiro atoms. The minimum atomic E-state index is -0.658. The third-order valence-corrected chi connectivity index (χ3v) is 4.59. The number of nitro benzene ring substituents is 1. The number of non-ortho nitro benzene ring substituents is 1. The molecule has 1 aromatic heterocycles. The number of carbonyl (C=O) groups excluding carboxylic acids is 1. The Bertz CT molecular complexity index is 1270. The molecule has 0 N–H and O–H groups in total. The lowest BCUT2D eigenvalue weighted by Gasteiger charge is -2.07. The van der Waals surface area contributed by atoms with Gasteiger partial charge in [-0.2, -0.15) is 0 Å². The van der Waals surface area contributed by atoms with Crippen LogP contribution in [-0.4, -0.2) is 21.6 Å². The van der Waals surface area contributed by atoms with Gasteiger partial charge in [0.2, 0.25) is 0 Å². The number of carbonyl (C=O) groups is 1. The third-order valence-electron chi connectivity index (χ3n) is 4.59. The molecule has 1 heterocycles. The summed E-state index contributed by atoms with van der Waals surface area (Å²) in [5.41, 5.74) is 1.76. The molecule has 0 fully saturated rings. The van der Waals surface area contributed by atoms with E-state index in [-0.39, 0.29) is 11.3 Å². The lowest BCUT2D eigenvalue weighted by molar-refractivity contribution is -0.384. The molecule has 0 aliphatic carbocycles. The Kier molecular flexibility index (Phi) is 6.46. The molecule has 8 heteroatoms. The van der Waals surface area contributed by atoms with E-state index < -0.39 is 10.9 Å². The summed E-state index contributed by atoms with van der Waals surface area (Å²) in [6, 6.07) is 25.0. The summed E-state index contributed by atoms with van der Waals surface area (Å²) in [5.74, 6) is 0.599. The van der Waals surface area contributed by atoms with Gasteiger partial charge < -0.3 is 9.57 Å². The highest BCUT2D eigenvalue weighted by Crippen LogP contribution is 2.22. The van der Waals surface area contributed by atoms with Crippen molar-refractivity contribution in [1.82, 2.24) is 4.98 Å². The van der Waals surface area contributed by atoms with Crippen LogP contribution in [0.3, 0.4) is 0 Å². The van der Waals surface area contributed by atoms with E-state index in [0.717, 1.165) is 0 Å². The molecule has 4 aromatic rings. The fourth-order valence-corrected chi connectivity index (χ4v) is 2.95. The van der Waals surface area contributed by atoms with Gasteiger partial charge in [0.25, 0.3) is 5.69 Å². The van der Waals surface area contributed by atoms with Crippen molar-refractivity contribution in [2.75, 3.05) is 0 Å². The number of pyridine rings is 1. The van der Waals surface area contributed by atoms with Crippen LogP contribution in [0, 0.1) is 10.1 Å². The van der Waals surface area contributed by atoms with E-state index in [0.29, 0.717) is 28.3 Å². The van der Waals surface area contributed by atoms with Gasteiger partial charge in [-0.1, -0.05) is 23.4 Å². The van der Waals surface area contributed by atoms with E-state index in [2.05, 4.69) is 10.1 Å². The van der Waals surface area contributed by atoms with Crippen LogP contribution >= 0.6 is 0 Å². The number of rotatable bonds is 7. The molecule has 33 heavy (non-hydrogen) atoms. The van der Waals surface area contributed by atoms with Crippen molar-refractivity contribution in [3.63, 3.8) is 0 Å². The Morgan fingerprint density at radius 1 is 0.758 bits per heavy atom. The van der Waals surface area contributed by atoms with Gasteiger partial charge in [0.1, 0.15) is 17.2 Å². The fraction of sp³-hybridized carbons (Fsp3) is 0. The van der Waals surface area contributed by atoms with Crippen LogP contribution in [0.15, 0.2) is 109 Å². The number of nitrogens with zero attached hydrogens (tertiary/aromatic N) is 3. The predicted octanol–water partition coefficient (Wildman–Crippen LogP) is 5.39. The number of ether oxygens (including phenoxy) is 1. The zero-order valence-electron chi connectivity index (χ0n) is 17.2. The van der Waals surface area contributed by atoms with Gasteiger partial charge in [0.05, 0.1) is 10.5 Å². The Balaban J connectivity index is 1.53. The first kappa shape index (κ1) is 21.4. The summed E-state index contributed by atoms with van der Waals surface area (Å²) < 4.78 is 5.72. The number of aromatic nitrogens is 1. The van der Waals surface area contributed by atoms with E-state index in [9.17, 15) is 14.9 Å². The normalized spacial score (nSPS) is 11.0. The van der Waals surface area contributed by atoms with Crippen molar-refractivity contribution in [3.8, 4) is 11.5 Å². The highest BCUT2D eigenvalue weighted by molar-refractivity contribution is 6.12. The SMILES string of the molecule is O=C(O/N=C(/c1ccncc1)c1ccc([N+](=O)[O-])cc1)c1ccc(Oc2ccccc2)cc1. The second kappa shape index (κ2) is 9.97. The molecule has 0 unspecified atom stereocenters. The molecule has 162 valence electrons. The Morgan fingerprint density at radius 3 is 1.97 bits per heavy atom. The maximum atomic E-state index is 12.6. The molecule has 0 aliphatic rings. The number of hydrogen-bond acceptors (Lipinski definition) is 7. The molecule has 0 bridgehead atoms. The molecule has 0 saturated carbocycles. The minimum absolute atomic E-state index is 0.0531. The van der Waals surface area contributed by atoms with E-state index >= 15 is 0 Å². The van der Waals surface area contributed by atoms with Crippen molar-refractivity contribution >= 4 is 17.4 Å². The first-order valence-electron chi connectivity index (χ1n) is 9.88. The zero-order valence-corrected chi connectivity index (χ0v) is 17.2. The summed E-state index contributed by atoms with van der Waals surface area (Å²) >= 11 is 0. The number of para-hydroxylation sites is 1. The van der Waals surface area contributed by atoms with Crippen LogP contribution in [0.5, 0.6) is 11.5 Å². The summed E-state index contributed by atoms with van der Waals surface area (Å²) in [7, 11) is 0. The average Bonchev–Trinajstić information content (AvgIpc) is 2.86. The van der Waals surface area contributed by atoms with E-state index in [1.54, 1.807) is 60.9 Å². The van der Waals surface area contributed by atoms with E-state index in [1.807, 2.05) is 30.3 Å². The molecule has 3 aromatic carbocycles. The lowest BCUT2D eigenvalue weighted by atomic mass is 10.0. The third kappa shape index (κ3) is 5.45. The molecular formula is C25H17N3O5. The zero-order chi connectivity index (χ0) is 23.0. The van der Waals surface area contributed by atoms with Gasteiger partial charge in [-0.05, 0) is 60.7 Å². The van der Waals surface area contributed by atoms with Gasteiger partial charge in [-0.25, -0.2) is 4.79 Å². The van der Waals surface area contributed by atoms with Crippen molar-refractivity contribution < 1.29 is 19.3 Å². The molecule has 0 saturated heterocycles. The predicted molar refractivity (Wildman–Crippen MR) is 121 cm³/mol. The molecule has 0 amide bonds. The number of oxime groups is 1. The molecule has 4 rings (SSSR count). The van der Waals surface area contributed by atoms with Crippen molar-refractivity contribution in [1.29, 1.82) is 0 Å². The number of nitro groups is 1. The van der Waals surface area contributed by atoms with Crippen LogP contribution < -0.4 is 4.74 Å². The molecular weight excluding hydrogens is 422 g/mol. The van der Waals surface area contributed by atoms with Gasteiger partial charge >= 0.3 is 5.97 Å². The van der Waals surface area contributed by atoms with Crippen molar-refractivity contribution in [2.45, 2.75) is 0 Å². The maximum absolute atomic E-state index is 12.6. The van der Waals surface area contributed by atoms with Gasteiger partial charge in [0, 0.05) is 35.7 Å². The second-order valence-corrected chi connectivity index (χ2v) is 6.80. The quantitative estimate of drug-likeness (QED) is 0.165. The monoisotopic (exact) mass is 439 g/mol. The Morgan fingerprint density at radius 2 is 1.33 bits per heavy atom. The second-order valence-electron chi connectivity index (χ2n) is 6.80. The molecule has 8 nitrogen and oxygen atoms in total. The topological polar surface area (TPSA) is 104 Å². The number of hydrogen-bond donors (Lipinski definition) is 0. The molecule has 0 radical (unpaired) electrons.